The van der Waals surface area contributed by atoms with E-state index in [2.05, 4.69) is 15.3 Å². The molecule has 0 aliphatic carbocycles. The second kappa shape index (κ2) is 9.82. The third-order valence-electron chi connectivity index (χ3n) is 5.59. The number of amides is 2. The number of aryl methyl sites for hydroxylation is 1. The van der Waals surface area contributed by atoms with Crippen LogP contribution in [0.2, 0.25) is 0 Å². The summed E-state index contributed by atoms with van der Waals surface area (Å²) in [5.41, 5.74) is 2.63. The summed E-state index contributed by atoms with van der Waals surface area (Å²) in [5.74, 6) is 0.565. The fourth-order valence-corrected chi connectivity index (χ4v) is 4.91. The Morgan fingerprint density at radius 2 is 1.91 bits per heavy atom. The minimum Gasteiger partial charge on any atom is -0.480 e. The molecule has 0 unspecified atom stereocenters. The zero-order valence-electron chi connectivity index (χ0n) is 19.1. The average molecular weight is 471 g/mol. The summed E-state index contributed by atoms with van der Waals surface area (Å²) >= 11 is 1.27. The van der Waals surface area contributed by atoms with Crippen LogP contribution in [0.15, 0.2) is 18.2 Å². The second-order valence-electron chi connectivity index (χ2n) is 7.66. The maximum atomic E-state index is 13.2. The number of rotatable bonds is 6. The number of aromatic nitrogens is 2. The molecule has 3 heterocycles. The first kappa shape index (κ1) is 23.1. The molecule has 0 atom stereocenters. The van der Waals surface area contributed by atoms with Crippen LogP contribution in [0.1, 0.15) is 37.0 Å². The zero-order chi connectivity index (χ0) is 23.5. The lowest BCUT2D eigenvalue weighted by molar-refractivity contribution is 0.0302. The Morgan fingerprint density at radius 3 is 2.61 bits per heavy atom. The number of methoxy groups -OCH3 is 2. The standard InChI is InChI=1S/C23H26N4O5S/c1-13-15(23(29)27-8-10-32-11-9-27)6-5-7-16(13)24-20(28)19-14(2)18-21(31-4)25-17(12-30-3)26-22(18)33-19/h5-7H,8-12H2,1-4H3,(H,24,28). The van der Waals surface area contributed by atoms with Gasteiger partial charge < -0.3 is 24.4 Å². The highest BCUT2D eigenvalue weighted by atomic mass is 32.1. The van der Waals surface area contributed by atoms with Gasteiger partial charge in [0.15, 0.2) is 5.82 Å². The van der Waals surface area contributed by atoms with Crippen molar-refractivity contribution < 1.29 is 23.8 Å². The Morgan fingerprint density at radius 1 is 1.15 bits per heavy atom. The van der Waals surface area contributed by atoms with Crippen LogP contribution in [0.5, 0.6) is 5.88 Å². The number of thiophene rings is 1. The average Bonchev–Trinajstić information content (AvgIpc) is 3.16. The van der Waals surface area contributed by atoms with Crippen LogP contribution in [0, 0.1) is 13.8 Å². The van der Waals surface area contributed by atoms with Crippen molar-refractivity contribution >= 4 is 39.1 Å². The SMILES string of the molecule is COCc1nc(OC)c2c(C)c(C(=O)Nc3cccc(C(=O)N4CCOCC4)c3C)sc2n1. The number of morpholine rings is 1. The van der Waals surface area contributed by atoms with Crippen molar-refractivity contribution in [2.75, 3.05) is 45.8 Å². The van der Waals surface area contributed by atoms with Gasteiger partial charge >= 0.3 is 0 Å². The summed E-state index contributed by atoms with van der Waals surface area (Å²) in [5, 5.41) is 3.67. The van der Waals surface area contributed by atoms with Crippen LogP contribution in [0.3, 0.4) is 0 Å². The molecule has 9 nitrogen and oxygen atoms in total. The van der Waals surface area contributed by atoms with Gasteiger partial charge in [0.2, 0.25) is 5.88 Å². The van der Waals surface area contributed by atoms with E-state index in [1.54, 1.807) is 30.2 Å². The van der Waals surface area contributed by atoms with Crippen LogP contribution in [0.25, 0.3) is 10.2 Å². The van der Waals surface area contributed by atoms with Gasteiger partial charge in [0.25, 0.3) is 11.8 Å². The van der Waals surface area contributed by atoms with Gasteiger partial charge in [0, 0.05) is 31.5 Å². The maximum Gasteiger partial charge on any atom is 0.266 e. The molecule has 1 N–H and O–H groups in total. The number of nitrogens with zero attached hydrogens (tertiary/aromatic N) is 3. The Hall–Kier alpha value is -3.08. The lowest BCUT2D eigenvalue weighted by atomic mass is 10.0. The molecule has 1 saturated heterocycles. The fraction of sp³-hybridized carbons (Fsp3) is 0.391. The second-order valence-corrected chi connectivity index (χ2v) is 8.65. The van der Waals surface area contributed by atoms with E-state index in [9.17, 15) is 9.59 Å². The lowest BCUT2D eigenvalue weighted by Gasteiger charge is -2.27. The fourth-order valence-electron chi connectivity index (χ4n) is 3.82. The third kappa shape index (κ3) is 4.54. The van der Waals surface area contributed by atoms with Gasteiger partial charge in [0.05, 0.1) is 30.6 Å². The van der Waals surface area contributed by atoms with E-state index in [0.717, 1.165) is 11.1 Å². The molecule has 0 saturated carbocycles. The van der Waals surface area contributed by atoms with Gasteiger partial charge in [0.1, 0.15) is 11.4 Å². The summed E-state index contributed by atoms with van der Waals surface area (Å²) in [6.07, 6.45) is 0. The normalized spacial score (nSPS) is 13.9. The number of nitrogens with one attached hydrogen (secondary N) is 1. The van der Waals surface area contributed by atoms with E-state index in [1.807, 2.05) is 13.8 Å². The smallest absolute Gasteiger partial charge is 0.266 e. The molecule has 174 valence electrons. The monoisotopic (exact) mass is 470 g/mol. The summed E-state index contributed by atoms with van der Waals surface area (Å²) < 4.78 is 15.9. The topological polar surface area (TPSA) is 103 Å². The minimum atomic E-state index is -0.273. The number of ether oxygens (including phenoxy) is 3. The molecule has 0 radical (unpaired) electrons. The highest BCUT2D eigenvalue weighted by molar-refractivity contribution is 7.20. The van der Waals surface area contributed by atoms with Crippen molar-refractivity contribution in [1.29, 1.82) is 0 Å². The Labute approximate surface area is 195 Å². The summed E-state index contributed by atoms with van der Waals surface area (Å²) in [6.45, 7) is 6.12. The molecule has 0 bridgehead atoms. The van der Waals surface area contributed by atoms with E-state index in [1.165, 1.54) is 18.4 Å². The molecule has 4 rings (SSSR count). The molecular formula is C23H26N4O5S. The van der Waals surface area contributed by atoms with E-state index in [-0.39, 0.29) is 18.4 Å². The van der Waals surface area contributed by atoms with E-state index in [0.29, 0.717) is 64.4 Å². The molecule has 10 heteroatoms. The van der Waals surface area contributed by atoms with Crippen LogP contribution < -0.4 is 10.1 Å². The predicted octanol–water partition coefficient (Wildman–Crippen LogP) is 3.19. The number of benzene rings is 1. The third-order valence-corrected chi connectivity index (χ3v) is 6.77. The number of hydrogen-bond acceptors (Lipinski definition) is 8. The quantitative estimate of drug-likeness (QED) is 0.590. The molecule has 33 heavy (non-hydrogen) atoms. The van der Waals surface area contributed by atoms with Crippen molar-refractivity contribution in [2.45, 2.75) is 20.5 Å². The van der Waals surface area contributed by atoms with Gasteiger partial charge in [-0.2, -0.15) is 4.98 Å². The Bertz CT molecular complexity index is 1200. The lowest BCUT2D eigenvalue weighted by Crippen LogP contribution is -2.41. The molecule has 1 aliphatic rings. The van der Waals surface area contributed by atoms with Crippen molar-refractivity contribution in [3.63, 3.8) is 0 Å². The predicted molar refractivity (Wildman–Crippen MR) is 125 cm³/mol. The van der Waals surface area contributed by atoms with Crippen LogP contribution in [-0.4, -0.2) is 67.2 Å². The molecule has 3 aromatic rings. The summed E-state index contributed by atoms with van der Waals surface area (Å²) in [7, 11) is 3.11. The van der Waals surface area contributed by atoms with Gasteiger partial charge in [-0.1, -0.05) is 6.07 Å². The summed E-state index contributed by atoms with van der Waals surface area (Å²) in [4.78, 5) is 38.0. The zero-order valence-corrected chi connectivity index (χ0v) is 19.9. The van der Waals surface area contributed by atoms with Crippen molar-refractivity contribution in [1.82, 2.24) is 14.9 Å². The van der Waals surface area contributed by atoms with Gasteiger partial charge in [-0.3, -0.25) is 9.59 Å². The molecule has 2 aromatic heterocycles. The first-order chi connectivity index (χ1) is 15.9. The maximum absolute atomic E-state index is 13.2. The van der Waals surface area contributed by atoms with E-state index in [4.69, 9.17) is 14.2 Å². The van der Waals surface area contributed by atoms with Gasteiger partial charge in [-0.25, -0.2) is 4.98 Å². The first-order valence-corrected chi connectivity index (χ1v) is 11.4. The van der Waals surface area contributed by atoms with Crippen molar-refractivity contribution in [3.8, 4) is 5.88 Å². The van der Waals surface area contributed by atoms with E-state index < -0.39 is 0 Å². The first-order valence-electron chi connectivity index (χ1n) is 10.6. The van der Waals surface area contributed by atoms with Gasteiger partial charge in [-0.05, 0) is 37.1 Å². The van der Waals surface area contributed by atoms with Crippen LogP contribution in [-0.2, 0) is 16.1 Å². The molecular weight excluding hydrogens is 444 g/mol. The molecule has 2 amide bonds. The molecule has 1 aromatic carbocycles. The van der Waals surface area contributed by atoms with Crippen LogP contribution >= 0.6 is 11.3 Å². The van der Waals surface area contributed by atoms with E-state index >= 15 is 0 Å². The minimum absolute atomic E-state index is 0.0596. The number of hydrogen-bond donors (Lipinski definition) is 1. The Kier molecular flexibility index (Phi) is 6.87. The summed E-state index contributed by atoms with van der Waals surface area (Å²) in [6, 6.07) is 5.36. The highest BCUT2D eigenvalue weighted by Crippen LogP contribution is 2.35. The van der Waals surface area contributed by atoms with Crippen molar-refractivity contribution in [3.05, 3.63) is 45.6 Å². The highest BCUT2D eigenvalue weighted by Gasteiger charge is 2.24. The van der Waals surface area contributed by atoms with Crippen molar-refractivity contribution in [2.24, 2.45) is 0 Å². The van der Waals surface area contributed by atoms with Gasteiger partial charge in [-0.15, -0.1) is 11.3 Å². The number of anilines is 1. The number of carbonyl (C=O) groups is 2. The Balaban J connectivity index is 1.63. The molecule has 0 spiro atoms. The number of carbonyl (C=O) groups excluding carboxylic acids is 2. The molecule has 1 aliphatic heterocycles. The van der Waals surface area contributed by atoms with Crippen LogP contribution in [0.4, 0.5) is 5.69 Å². The molecule has 1 fully saturated rings. The number of fused-ring (bicyclic) bond motifs is 1. The largest absolute Gasteiger partial charge is 0.480 e.